The molecule has 3 heterocycles. The highest BCUT2D eigenvalue weighted by Gasteiger charge is 2.16. The predicted molar refractivity (Wildman–Crippen MR) is 132 cm³/mol. The number of carbonyl (C=O) groups is 1. The number of fused-ring (bicyclic) bond motifs is 1. The number of hydrogen-bond donors (Lipinski definition) is 2. The molecule has 1 aliphatic heterocycles. The Morgan fingerprint density at radius 1 is 1.20 bits per heavy atom. The van der Waals surface area contributed by atoms with E-state index < -0.39 is 5.82 Å². The van der Waals surface area contributed by atoms with Crippen LogP contribution in [0.5, 0.6) is 0 Å². The minimum absolute atomic E-state index is 0.160. The van der Waals surface area contributed by atoms with Crippen LogP contribution >= 0.6 is 0 Å². The van der Waals surface area contributed by atoms with Gasteiger partial charge in [0.15, 0.2) is 0 Å². The molecule has 1 amide bonds. The molecule has 5 rings (SSSR count). The Hall–Kier alpha value is -3.78. The molecule has 0 bridgehead atoms. The fourth-order valence-corrected chi connectivity index (χ4v) is 4.64. The van der Waals surface area contributed by atoms with Crippen LogP contribution in [0.2, 0.25) is 0 Å². The smallest absolute Gasteiger partial charge is 0.258 e. The number of carbonyl (C=O) groups excluding carboxylic acids is 1. The Bertz CT molecular complexity index is 1440. The molecule has 1 fully saturated rings. The first kappa shape index (κ1) is 23.0. The van der Waals surface area contributed by atoms with Gasteiger partial charge in [0.05, 0.1) is 12.2 Å². The Labute approximate surface area is 201 Å². The first-order valence-electron chi connectivity index (χ1n) is 11.8. The van der Waals surface area contributed by atoms with Crippen LogP contribution in [0.25, 0.3) is 21.9 Å². The van der Waals surface area contributed by atoms with Crippen LogP contribution in [0, 0.1) is 18.7 Å². The van der Waals surface area contributed by atoms with Gasteiger partial charge in [-0.25, -0.2) is 4.39 Å². The number of benzene rings is 2. The van der Waals surface area contributed by atoms with E-state index in [1.165, 1.54) is 16.7 Å². The lowest BCUT2D eigenvalue weighted by Crippen LogP contribution is -2.36. The third kappa shape index (κ3) is 5.02. The molecule has 0 unspecified atom stereocenters. The molecule has 2 aromatic carbocycles. The maximum absolute atomic E-state index is 14.4. The molecule has 0 radical (unpaired) electrons. The Morgan fingerprint density at radius 2 is 2.03 bits per heavy atom. The maximum atomic E-state index is 14.4. The summed E-state index contributed by atoms with van der Waals surface area (Å²) in [5.74, 6) is -0.373. The normalized spacial score (nSPS) is 14.3. The molecule has 0 spiro atoms. The van der Waals surface area contributed by atoms with Gasteiger partial charge in [-0.15, -0.1) is 0 Å². The summed E-state index contributed by atoms with van der Waals surface area (Å²) >= 11 is 0. The lowest BCUT2D eigenvalue weighted by atomic mass is 9.98. The van der Waals surface area contributed by atoms with Gasteiger partial charge < -0.3 is 19.7 Å². The number of nitrogens with zero attached hydrogens (tertiary/aromatic N) is 2. The van der Waals surface area contributed by atoms with Gasteiger partial charge in [-0.1, -0.05) is 11.2 Å². The van der Waals surface area contributed by atoms with Crippen molar-refractivity contribution < 1.29 is 13.7 Å². The zero-order valence-electron chi connectivity index (χ0n) is 19.5. The molecule has 0 atom stereocenters. The molecule has 35 heavy (non-hydrogen) atoms. The molecule has 180 valence electrons. The molecule has 8 heteroatoms. The van der Waals surface area contributed by atoms with Crippen LogP contribution in [-0.2, 0) is 6.54 Å². The van der Waals surface area contributed by atoms with Crippen LogP contribution in [0.1, 0.15) is 34.5 Å². The van der Waals surface area contributed by atoms with Crippen molar-refractivity contribution >= 4 is 16.7 Å². The van der Waals surface area contributed by atoms with Crippen LogP contribution < -0.4 is 16.2 Å². The summed E-state index contributed by atoms with van der Waals surface area (Å²) in [5.41, 5.74) is 3.20. The SMILES string of the molecule is Cc1nocc1-c1ccc2c(=O)n(Cc3cc(F)cc(C(=O)NCC4CCNCC4)c3)ccc2c1. The second kappa shape index (κ2) is 9.84. The molecule has 1 saturated heterocycles. The van der Waals surface area contributed by atoms with Gasteiger partial charge in [-0.05, 0) is 91.7 Å². The van der Waals surface area contributed by atoms with Crippen molar-refractivity contribution in [3.8, 4) is 11.1 Å². The Balaban J connectivity index is 1.35. The fourth-order valence-electron chi connectivity index (χ4n) is 4.64. The minimum atomic E-state index is -0.503. The van der Waals surface area contributed by atoms with E-state index in [4.69, 9.17) is 4.52 Å². The van der Waals surface area contributed by atoms with Crippen molar-refractivity contribution in [2.24, 2.45) is 5.92 Å². The van der Waals surface area contributed by atoms with Crippen LogP contribution in [0.3, 0.4) is 0 Å². The number of hydrogen-bond acceptors (Lipinski definition) is 5. The molecule has 0 saturated carbocycles. The van der Waals surface area contributed by atoms with Crippen molar-refractivity contribution in [1.29, 1.82) is 0 Å². The standard InChI is InChI=1S/C27H27FN4O3/c1-17-25(16-35-31-17)20-2-3-24-21(12-20)6-9-32(27(24)34)15-19-10-22(13-23(28)11-19)26(33)30-14-18-4-7-29-8-5-18/h2-3,6,9-13,16,18,29H,4-5,7-8,14-15H2,1H3,(H,30,33). The van der Waals surface area contributed by atoms with Crippen LogP contribution in [-0.4, -0.2) is 35.3 Å². The minimum Gasteiger partial charge on any atom is -0.364 e. The van der Waals surface area contributed by atoms with E-state index in [0.717, 1.165) is 48.1 Å². The average molecular weight is 475 g/mol. The number of piperidine rings is 1. The van der Waals surface area contributed by atoms with E-state index in [0.29, 0.717) is 23.4 Å². The highest BCUT2D eigenvalue weighted by molar-refractivity contribution is 5.94. The second-order valence-electron chi connectivity index (χ2n) is 9.12. The summed E-state index contributed by atoms with van der Waals surface area (Å²) in [4.78, 5) is 25.8. The van der Waals surface area contributed by atoms with Crippen molar-refractivity contribution in [2.75, 3.05) is 19.6 Å². The van der Waals surface area contributed by atoms with Crippen molar-refractivity contribution in [2.45, 2.75) is 26.3 Å². The maximum Gasteiger partial charge on any atom is 0.258 e. The molecular formula is C27H27FN4O3. The number of aromatic nitrogens is 2. The van der Waals surface area contributed by atoms with E-state index >= 15 is 0 Å². The number of pyridine rings is 1. The van der Waals surface area contributed by atoms with E-state index in [1.807, 2.05) is 25.1 Å². The van der Waals surface area contributed by atoms with Gasteiger partial charge in [-0.2, -0.15) is 0 Å². The Kier molecular flexibility index (Phi) is 6.46. The Morgan fingerprint density at radius 3 is 2.80 bits per heavy atom. The van der Waals surface area contributed by atoms with E-state index in [-0.39, 0.29) is 23.6 Å². The molecule has 0 aliphatic carbocycles. The zero-order valence-corrected chi connectivity index (χ0v) is 19.5. The summed E-state index contributed by atoms with van der Waals surface area (Å²) in [6.45, 7) is 4.50. The lowest BCUT2D eigenvalue weighted by molar-refractivity contribution is 0.0943. The van der Waals surface area contributed by atoms with Gasteiger partial charge in [0, 0.05) is 29.3 Å². The number of aryl methyl sites for hydroxylation is 1. The van der Waals surface area contributed by atoms with Gasteiger partial charge in [0.1, 0.15) is 12.1 Å². The van der Waals surface area contributed by atoms with Crippen LogP contribution in [0.15, 0.2) is 64.2 Å². The topological polar surface area (TPSA) is 89.2 Å². The molecule has 7 nitrogen and oxygen atoms in total. The van der Waals surface area contributed by atoms with Gasteiger partial charge in [-0.3, -0.25) is 9.59 Å². The fraction of sp³-hybridized carbons (Fsp3) is 0.296. The van der Waals surface area contributed by atoms with Crippen molar-refractivity contribution in [3.05, 3.63) is 87.9 Å². The molecule has 4 aromatic rings. The van der Waals surface area contributed by atoms with Crippen LogP contribution in [0.4, 0.5) is 4.39 Å². The number of nitrogens with one attached hydrogen (secondary N) is 2. The first-order valence-corrected chi connectivity index (χ1v) is 11.8. The summed E-state index contributed by atoms with van der Waals surface area (Å²) in [5, 5.41) is 11.5. The number of halogens is 1. The summed E-state index contributed by atoms with van der Waals surface area (Å²) in [7, 11) is 0. The van der Waals surface area contributed by atoms with E-state index in [9.17, 15) is 14.0 Å². The number of amides is 1. The monoisotopic (exact) mass is 474 g/mol. The van der Waals surface area contributed by atoms with Gasteiger partial charge in [0.25, 0.3) is 11.5 Å². The van der Waals surface area contributed by atoms with Gasteiger partial charge in [0.2, 0.25) is 0 Å². The zero-order chi connectivity index (χ0) is 24.4. The van der Waals surface area contributed by atoms with Crippen molar-refractivity contribution in [3.63, 3.8) is 0 Å². The third-order valence-electron chi connectivity index (χ3n) is 6.62. The van der Waals surface area contributed by atoms with Gasteiger partial charge >= 0.3 is 0 Å². The number of rotatable bonds is 6. The quantitative estimate of drug-likeness (QED) is 0.443. The molecule has 2 N–H and O–H groups in total. The first-order chi connectivity index (χ1) is 17.0. The largest absolute Gasteiger partial charge is 0.364 e. The summed E-state index contributed by atoms with van der Waals surface area (Å²) in [6, 6.07) is 11.7. The predicted octanol–water partition coefficient (Wildman–Crippen LogP) is 3.88. The third-order valence-corrected chi connectivity index (χ3v) is 6.62. The highest BCUT2D eigenvalue weighted by Crippen LogP contribution is 2.25. The molecule has 1 aliphatic rings. The second-order valence-corrected chi connectivity index (χ2v) is 9.12. The summed E-state index contributed by atoms with van der Waals surface area (Å²) in [6.07, 6.45) is 5.30. The van der Waals surface area contributed by atoms with Crippen molar-refractivity contribution in [1.82, 2.24) is 20.4 Å². The van der Waals surface area contributed by atoms with E-state index in [2.05, 4.69) is 15.8 Å². The molecule has 2 aromatic heterocycles. The highest BCUT2D eigenvalue weighted by atomic mass is 19.1. The molecular weight excluding hydrogens is 447 g/mol. The summed E-state index contributed by atoms with van der Waals surface area (Å²) < 4.78 is 20.9. The average Bonchev–Trinajstić information content (AvgIpc) is 3.30. The lowest BCUT2D eigenvalue weighted by Gasteiger charge is -2.22. The van der Waals surface area contributed by atoms with E-state index in [1.54, 1.807) is 24.6 Å².